The van der Waals surface area contributed by atoms with E-state index < -0.39 is 16.9 Å². The lowest BCUT2D eigenvalue weighted by atomic mass is 10.00. The van der Waals surface area contributed by atoms with E-state index in [-0.39, 0.29) is 11.4 Å². The summed E-state index contributed by atoms with van der Waals surface area (Å²) in [6.07, 6.45) is 3.31. The molecule has 0 saturated heterocycles. The van der Waals surface area contributed by atoms with Crippen molar-refractivity contribution in [2.75, 3.05) is 0 Å². The number of rotatable bonds is 4. The van der Waals surface area contributed by atoms with E-state index in [1.807, 2.05) is 0 Å². The molecule has 0 N–H and O–H groups in total. The molecular weight excluding hydrogens is 338 g/mol. The Hall–Kier alpha value is -3.68. The fourth-order valence-electron chi connectivity index (χ4n) is 2.91. The van der Waals surface area contributed by atoms with E-state index in [2.05, 4.69) is 5.10 Å². The summed E-state index contributed by atoms with van der Waals surface area (Å²) in [4.78, 5) is 23.4. The number of hydrogen-bond donors (Lipinski definition) is 0. The SMILES string of the molecule is O=C(c1ccco1)N1N=C(c2ccco2)C[C@H]1c1cccc([N+](=O)[O-])c1. The van der Waals surface area contributed by atoms with Crippen LogP contribution < -0.4 is 0 Å². The molecule has 1 atom stereocenters. The molecule has 1 aliphatic rings. The van der Waals surface area contributed by atoms with Crippen molar-refractivity contribution in [1.82, 2.24) is 5.01 Å². The van der Waals surface area contributed by atoms with Crippen LogP contribution in [-0.4, -0.2) is 21.6 Å². The zero-order valence-corrected chi connectivity index (χ0v) is 13.4. The maximum absolute atomic E-state index is 12.8. The van der Waals surface area contributed by atoms with Crippen LogP contribution in [0.4, 0.5) is 5.69 Å². The minimum atomic E-state index is -0.493. The van der Waals surface area contributed by atoms with Crippen LogP contribution in [0.25, 0.3) is 0 Å². The summed E-state index contributed by atoms with van der Waals surface area (Å²) < 4.78 is 10.6. The van der Waals surface area contributed by atoms with E-state index in [4.69, 9.17) is 8.83 Å². The van der Waals surface area contributed by atoms with Gasteiger partial charge in [0.1, 0.15) is 11.5 Å². The molecule has 2 aromatic heterocycles. The van der Waals surface area contributed by atoms with E-state index in [1.54, 1.807) is 36.4 Å². The molecule has 130 valence electrons. The Morgan fingerprint density at radius 3 is 2.65 bits per heavy atom. The second-order valence-corrected chi connectivity index (χ2v) is 5.72. The summed E-state index contributed by atoms with van der Waals surface area (Å²) >= 11 is 0. The highest BCUT2D eigenvalue weighted by Crippen LogP contribution is 2.35. The number of hydrazone groups is 1. The third-order valence-corrected chi connectivity index (χ3v) is 4.12. The number of hydrogen-bond acceptors (Lipinski definition) is 6. The lowest BCUT2D eigenvalue weighted by Crippen LogP contribution is -2.26. The number of carbonyl (C=O) groups is 1. The smallest absolute Gasteiger partial charge is 0.310 e. The van der Waals surface area contributed by atoms with Gasteiger partial charge in [0.15, 0.2) is 5.76 Å². The van der Waals surface area contributed by atoms with Crippen LogP contribution in [0.3, 0.4) is 0 Å². The highest BCUT2D eigenvalue weighted by molar-refractivity contribution is 6.02. The number of nitrogens with zero attached hydrogens (tertiary/aromatic N) is 3. The second-order valence-electron chi connectivity index (χ2n) is 5.72. The molecule has 26 heavy (non-hydrogen) atoms. The largest absolute Gasteiger partial charge is 0.463 e. The quantitative estimate of drug-likeness (QED) is 0.526. The van der Waals surface area contributed by atoms with Gasteiger partial charge in [-0.1, -0.05) is 12.1 Å². The van der Waals surface area contributed by atoms with Crippen LogP contribution in [0.2, 0.25) is 0 Å². The number of benzene rings is 1. The fraction of sp³-hybridized carbons (Fsp3) is 0.111. The van der Waals surface area contributed by atoms with Crippen molar-refractivity contribution in [3.05, 3.63) is 88.3 Å². The Kier molecular flexibility index (Phi) is 3.85. The van der Waals surface area contributed by atoms with E-state index >= 15 is 0 Å². The Labute approximate surface area is 147 Å². The molecule has 0 bridgehead atoms. The molecule has 3 heterocycles. The zero-order chi connectivity index (χ0) is 18.1. The molecule has 0 saturated carbocycles. The summed E-state index contributed by atoms with van der Waals surface area (Å²) in [6, 6.07) is 12.3. The Morgan fingerprint density at radius 2 is 1.96 bits per heavy atom. The van der Waals surface area contributed by atoms with Crippen molar-refractivity contribution in [1.29, 1.82) is 0 Å². The van der Waals surface area contributed by atoms with Gasteiger partial charge in [0, 0.05) is 18.6 Å². The van der Waals surface area contributed by atoms with Crippen LogP contribution in [0, 0.1) is 10.1 Å². The first kappa shape index (κ1) is 15.8. The highest BCUT2D eigenvalue weighted by Gasteiger charge is 2.36. The predicted octanol–water partition coefficient (Wildman–Crippen LogP) is 3.77. The van der Waals surface area contributed by atoms with Crippen LogP contribution >= 0.6 is 0 Å². The van der Waals surface area contributed by atoms with E-state index in [9.17, 15) is 14.9 Å². The van der Waals surface area contributed by atoms with Gasteiger partial charge < -0.3 is 8.83 Å². The van der Waals surface area contributed by atoms with Gasteiger partial charge in [0.05, 0.1) is 23.5 Å². The molecule has 4 rings (SSSR count). The molecule has 3 aromatic rings. The van der Waals surface area contributed by atoms with Crippen LogP contribution in [-0.2, 0) is 0 Å². The number of carbonyl (C=O) groups excluding carboxylic acids is 1. The van der Waals surface area contributed by atoms with E-state index in [1.165, 1.54) is 29.7 Å². The average Bonchev–Trinajstić information content (AvgIpc) is 3.42. The van der Waals surface area contributed by atoms with Gasteiger partial charge in [0.2, 0.25) is 0 Å². The van der Waals surface area contributed by atoms with Crippen molar-refractivity contribution in [2.24, 2.45) is 5.10 Å². The maximum Gasteiger partial charge on any atom is 0.310 e. The van der Waals surface area contributed by atoms with Crippen LogP contribution in [0.5, 0.6) is 0 Å². The van der Waals surface area contributed by atoms with Crippen molar-refractivity contribution in [3.8, 4) is 0 Å². The normalized spacial score (nSPS) is 16.5. The molecule has 0 spiro atoms. The van der Waals surface area contributed by atoms with Crippen molar-refractivity contribution in [3.63, 3.8) is 0 Å². The Bertz CT molecular complexity index is 976. The molecule has 0 unspecified atom stereocenters. The van der Waals surface area contributed by atoms with Crippen molar-refractivity contribution < 1.29 is 18.6 Å². The Balaban J connectivity index is 1.74. The zero-order valence-electron chi connectivity index (χ0n) is 13.4. The molecule has 0 radical (unpaired) electrons. The van der Waals surface area contributed by atoms with Gasteiger partial charge in [-0.2, -0.15) is 5.10 Å². The topological polar surface area (TPSA) is 102 Å². The molecule has 1 aromatic carbocycles. The monoisotopic (exact) mass is 351 g/mol. The van der Waals surface area contributed by atoms with Gasteiger partial charge in [-0.05, 0) is 29.8 Å². The van der Waals surface area contributed by atoms with E-state index in [0.717, 1.165) is 0 Å². The number of furan rings is 2. The summed E-state index contributed by atoms with van der Waals surface area (Å²) in [5, 5.41) is 16.8. The molecule has 1 aliphatic heterocycles. The standard InChI is InChI=1S/C18H13N3O5/c22-18(17-7-3-9-26-17)20-15(11-14(19-20)16-6-2-8-25-16)12-4-1-5-13(10-12)21(23)24/h1-10,15H,11H2/t15-/m0/s1. The fourth-order valence-corrected chi connectivity index (χ4v) is 2.91. The molecule has 8 heteroatoms. The Morgan fingerprint density at radius 1 is 1.15 bits per heavy atom. The summed E-state index contributed by atoms with van der Waals surface area (Å²) in [6.45, 7) is 0. The number of nitro groups is 1. The van der Waals surface area contributed by atoms with Gasteiger partial charge in [-0.3, -0.25) is 14.9 Å². The first-order valence-corrected chi connectivity index (χ1v) is 7.86. The minimum Gasteiger partial charge on any atom is -0.463 e. The van der Waals surface area contributed by atoms with Crippen LogP contribution in [0.15, 0.2) is 75.0 Å². The third kappa shape index (κ3) is 2.77. The maximum atomic E-state index is 12.8. The van der Waals surface area contributed by atoms with Crippen molar-refractivity contribution in [2.45, 2.75) is 12.5 Å². The summed E-state index contributed by atoms with van der Waals surface area (Å²) in [5.74, 6) is 0.271. The lowest BCUT2D eigenvalue weighted by Gasteiger charge is -2.20. The number of nitro benzene ring substituents is 1. The molecule has 0 aliphatic carbocycles. The molecule has 8 nitrogen and oxygen atoms in total. The minimum absolute atomic E-state index is 0.0423. The average molecular weight is 351 g/mol. The molecule has 0 fully saturated rings. The lowest BCUT2D eigenvalue weighted by molar-refractivity contribution is -0.384. The first-order valence-electron chi connectivity index (χ1n) is 7.86. The molecular formula is C18H13N3O5. The predicted molar refractivity (Wildman–Crippen MR) is 90.6 cm³/mol. The highest BCUT2D eigenvalue weighted by atomic mass is 16.6. The molecule has 1 amide bonds. The number of amides is 1. The van der Waals surface area contributed by atoms with Gasteiger partial charge in [0.25, 0.3) is 5.69 Å². The second kappa shape index (κ2) is 6.32. The number of non-ortho nitro benzene ring substituents is 1. The first-order chi connectivity index (χ1) is 12.6. The van der Waals surface area contributed by atoms with Crippen molar-refractivity contribution >= 4 is 17.3 Å². The van der Waals surface area contributed by atoms with Gasteiger partial charge in [-0.15, -0.1) is 0 Å². The third-order valence-electron chi connectivity index (χ3n) is 4.12. The summed E-state index contributed by atoms with van der Waals surface area (Å²) in [7, 11) is 0. The van der Waals surface area contributed by atoms with Crippen LogP contribution in [0.1, 0.15) is 34.3 Å². The van der Waals surface area contributed by atoms with Gasteiger partial charge >= 0.3 is 5.91 Å². The van der Waals surface area contributed by atoms with E-state index in [0.29, 0.717) is 23.5 Å². The summed E-state index contributed by atoms with van der Waals surface area (Å²) in [5.41, 5.74) is 1.16. The van der Waals surface area contributed by atoms with Gasteiger partial charge in [-0.25, -0.2) is 5.01 Å².